The number of ether oxygens (including phenoxy) is 2. The molecular formula is C16H24O3. The van der Waals surface area contributed by atoms with Crippen LogP contribution in [-0.2, 0) is 10.3 Å². The van der Waals surface area contributed by atoms with E-state index in [1.54, 1.807) is 0 Å². The van der Waals surface area contributed by atoms with Crippen LogP contribution in [0.25, 0.3) is 0 Å². The van der Waals surface area contributed by atoms with Crippen LogP contribution in [0.5, 0.6) is 5.75 Å². The number of hydrogen-bond donors (Lipinski definition) is 1. The standard InChI is InChI=1S/C16H24O3/c1-4-18-14-7-5-13(6-8-14)16(17)9-10-19-15(11-16)12(2)3/h5-8,12,15,17H,4,9-11H2,1-3H3. The van der Waals surface area contributed by atoms with Crippen molar-refractivity contribution in [3.05, 3.63) is 29.8 Å². The molecule has 1 heterocycles. The van der Waals surface area contributed by atoms with Gasteiger partial charge in [0.25, 0.3) is 0 Å². The summed E-state index contributed by atoms with van der Waals surface area (Å²) < 4.78 is 11.2. The highest BCUT2D eigenvalue weighted by Crippen LogP contribution is 2.37. The largest absolute Gasteiger partial charge is 0.494 e. The predicted octanol–water partition coefficient (Wildman–Crippen LogP) is 3.11. The van der Waals surface area contributed by atoms with Crippen molar-refractivity contribution in [1.82, 2.24) is 0 Å². The van der Waals surface area contributed by atoms with Gasteiger partial charge in [0.05, 0.1) is 24.9 Å². The molecule has 19 heavy (non-hydrogen) atoms. The third kappa shape index (κ3) is 3.28. The van der Waals surface area contributed by atoms with Crippen LogP contribution < -0.4 is 4.74 Å². The molecule has 1 saturated heterocycles. The van der Waals surface area contributed by atoms with E-state index in [1.807, 2.05) is 31.2 Å². The van der Waals surface area contributed by atoms with Crippen LogP contribution in [0.2, 0.25) is 0 Å². The van der Waals surface area contributed by atoms with Gasteiger partial charge in [0.15, 0.2) is 0 Å². The quantitative estimate of drug-likeness (QED) is 0.908. The van der Waals surface area contributed by atoms with Gasteiger partial charge in [-0.25, -0.2) is 0 Å². The highest BCUT2D eigenvalue weighted by atomic mass is 16.5. The van der Waals surface area contributed by atoms with Crippen molar-refractivity contribution in [3.63, 3.8) is 0 Å². The Morgan fingerprint density at radius 1 is 1.37 bits per heavy atom. The smallest absolute Gasteiger partial charge is 0.119 e. The van der Waals surface area contributed by atoms with Gasteiger partial charge in [-0.05, 0) is 30.5 Å². The SMILES string of the molecule is CCOc1ccc(C2(O)CCOC(C(C)C)C2)cc1. The van der Waals surface area contributed by atoms with Gasteiger partial charge >= 0.3 is 0 Å². The molecule has 0 saturated carbocycles. The monoisotopic (exact) mass is 264 g/mol. The molecule has 1 fully saturated rings. The van der Waals surface area contributed by atoms with Crippen molar-refractivity contribution >= 4 is 0 Å². The molecule has 1 aliphatic rings. The van der Waals surface area contributed by atoms with Crippen molar-refractivity contribution in [2.24, 2.45) is 5.92 Å². The van der Waals surface area contributed by atoms with E-state index in [2.05, 4.69) is 13.8 Å². The van der Waals surface area contributed by atoms with Gasteiger partial charge in [-0.3, -0.25) is 0 Å². The lowest BCUT2D eigenvalue weighted by atomic mass is 9.81. The Hall–Kier alpha value is -1.06. The van der Waals surface area contributed by atoms with Crippen LogP contribution in [0.4, 0.5) is 0 Å². The molecular weight excluding hydrogens is 240 g/mol. The van der Waals surface area contributed by atoms with E-state index in [1.165, 1.54) is 0 Å². The molecule has 106 valence electrons. The molecule has 1 aromatic rings. The van der Waals surface area contributed by atoms with Gasteiger partial charge in [-0.15, -0.1) is 0 Å². The summed E-state index contributed by atoms with van der Waals surface area (Å²) in [5, 5.41) is 10.9. The molecule has 0 amide bonds. The van der Waals surface area contributed by atoms with Gasteiger partial charge in [-0.2, -0.15) is 0 Å². The maximum atomic E-state index is 10.9. The first-order valence-electron chi connectivity index (χ1n) is 7.12. The van der Waals surface area contributed by atoms with E-state index in [0.29, 0.717) is 32.0 Å². The molecule has 1 aliphatic heterocycles. The number of benzene rings is 1. The van der Waals surface area contributed by atoms with Crippen LogP contribution in [0.15, 0.2) is 24.3 Å². The Labute approximate surface area is 115 Å². The van der Waals surface area contributed by atoms with Crippen LogP contribution in [0.1, 0.15) is 39.2 Å². The van der Waals surface area contributed by atoms with E-state index in [4.69, 9.17) is 9.47 Å². The second-order valence-corrected chi connectivity index (χ2v) is 5.60. The molecule has 1 N–H and O–H groups in total. The van der Waals surface area contributed by atoms with Crippen LogP contribution in [-0.4, -0.2) is 24.4 Å². The van der Waals surface area contributed by atoms with Gasteiger partial charge in [-0.1, -0.05) is 26.0 Å². The Kier molecular flexibility index (Phi) is 4.48. The van der Waals surface area contributed by atoms with Crippen LogP contribution in [0, 0.1) is 5.92 Å². The summed E-state index contributed by atoms with van der Waals surface area (Å²) in [4.78, 5) is 0. The Morgan fingerprint density at radius 2 is 2.05 bits per heavy atom. The molecule has 3 heteroatoms. The minimum absolute atomic E-state index is 0.130. The zero-order valence-corrected chi connectivity index (χ0v) is 12.1. The second-order valence-electron chi connectivity index (χ2n) is 5.60. The average molecular weight is 264 g/mol. The Bertz CT molecular complexity index is 399. The third-order valence-corrected chi connectivity index (χ3v) is 3.83. The fourth-order valence-electron chi connectivity index (χ4n) is 2.59. The first kappa shape index (κ1) is 14.4. The van der Waals surface area contributed by atoms with E-state index < -0.39 is 5.60 Å². The first-order chi connectivity index (χ1) is 9.05. The summed E-state index contributed by atoms with van der Waals surface area (Å²) in [6.45, 7) is 7.51. The lowest BCUT2D eigenvalue weighted by Crippen LogP contribution is -2.40. The van der Waals surface area contributed by atoms with Gasteiger partial charge in [0.1, 0.15) is 5.75 Å². The van der Waals surface area contributed by atoms with E-state index >= 15 is 0 Å². The molecule has 2 atom stereocenters. The molecule has 0 aromatic heterocycles. The molecule has 0 aliphatic carbocycles. The third-order valence-electron chi connectivity index (χ3n) is 3.83. The minimum Gasteiger partial charge on any atom is -0.494 e. The topological polar surface area (TPSA) is 38.7 Å². The molecule has 0 spiro atoms. The van der Waals surface area contributed by atoms with Crippen molar-refractivity contribution in [2.75, 3.05) is 13.2 Å². The second kappa shape index (κ2) is 5.93. The molecule has 1 aromatic carbocycles. The highest BCUT2D eigenvalue weighted by molar-refractivity contribution is 5.31. The van der Waals surface area contributed by atoms with Crippen molar-refractivity contribution in [2.45, 2.75) is 45.3 Å². The van der Waals surface area contributed by atoms with E-state index in [-0.39, 0.29) is 6.10 Å². The molecule has 2 unspecified atom stereocenters. The summed E-state index contributed by atoms with van der Waals surface area (Å²) in [5.74, 6) is 1.27. The maximum Gasteiger partial charge on any atom is 0.119 e. The zero-order chi connectivity index (χ0) is 13.9. The molecule has 0 bridgehead atoms. The average Bonchev–Trinajstić information content (AvgIpc) is 2.40. The van der Waals surface area contributed by atoms with Gasteiger partial charge in [0.2, 0.25) is 0 Å². The lowest BCUT2D eigenvalue weighted by Gasteiger charge is -2.39. The summed E-state index contributed by atoms with van der Waals surface area (Å²) in [6, 6.07) is 7.79. The van der Waals surface area contributed by atoms with Gasteiger partial charge in [0, 0.05) is 12.8 Å². The van der Waals surface area contributed by atoms with E-state index in [0.717, 1.165) is 11.3 Å². The highest BCUT2D eigenvalue weighted by Gasteiger charge is 2.37. The summed E-state index contributed by atoms with van der Waals surface area (Å²) in [5.41, 5.74) is 0.197. The van der Waals surface area contributed by atoms with Crippen molar-refractivity contribution in [3.8, 4) is 5.75 Å². The summed E-state index contributed by atoms with van der Waals surface area (Å²) >= 11 is 0. The first-order valence-corrected chi connectivity index (χ1v) is 7.12. The number of rotatable bonds is 4. The predicted molar refractivity (Wildman–Crippen MR) is 75.3 cm³/mol. The van der Waals surface area contributed by atoms with Crippen LogP contribution in [0.3, 0.4) is 0 Å². The summed E-state index contributed by atoms with van der Waals surface area (Å²) in [6.07, 6.45) is 1.45. The van der Waals surface area contributed by atoms with Crippen molar-refractivity contribution < 1.29 is 14.6 Å². The molecule has 0 radical (unpaired) electrons. The minimum atomic E-state index is -0.766. The normalized spacial score (nSPS) is 27.5. The fourth-order valence-corrected chi connectivity index (χ4v) is 2.59. The molecule has 3 nitrogen and oxygen atoms in total. The number of aliphatic hydroxyl groups is 1. The molecule has 2 rings (SSSR count). The Morgan fingerprint density at radius 3 is 2.63 bits per heavy atom. The van der Waals surface area contributed by atoms with Crippen molar-refractivity contribution in [1.29, 1.82) is 0 Å². The van der Waals surface area contributed by atoms with Crippen LogP contribution >= 0.6 is 0 Å². The summed E-state index contributed by atoms with van der Waals surface area (Å²) in [7, 11) is 0. The van der Waals surface area contributed by atoms with E-state index in [9.17, 15) is 5.11 Å². The number of hydrogen-bond acceptors (Lipinski definition) is 3. The Balaban J connectivity index is 2.14. The van der Waals surface area contributed by atoms with Gasteiger partial charge < -0.3 is 14.6 Å². The lowest BCUT2D eigenvalue weighted by molar-refractivity contribution is -0.121. The maximum absolute atomic E-state index is 10.9. The zero-order valence-electron chi connectivity index (χ0n) is 12.1. The fraction of sp³-hybridized carbons (Fsp3) is 0.625.